The van der Waals surface area contributed by atoms with Crippen LogP contribution < -0.4 is 0 Å². The molecule has 19 heavy (non-hydrogen) atoms. The molecule has 0 aromatic heterocycles. The molecule has 4 heteroatoms. The van der Waals surface area contributed by atoms with Crippen LogP contribution in [-0.2, 0) is 9.47 Å². The van der Waals surface area contributed by atoms with Crippen molar-refractivity contribution < 1.29 is 18.7 Å². The van der Waals surface area contributed by atoms with Gasteiger partial charge in [-0.1, -0.05) is 6.07 Å². The van der Waals surface area contributed by atoms with E-state index in [9.17, 15) is 9.18 Å². The minimum absolute atomic E-state index is 0.285. The number of rotatable bonds is 3. The number of carbonyl (C=O) groups excluding carboxylic acids is 1. The molecule has 3 nitrogen and oxygen atoms in total. The highest BCUT2D eigenvalue weighted by atomic mass is 19.1. The number of halogens is 1. The molecular formula is C15H17FO3. The standard InChI is InChI=1S/C15H17FO3/c1-10-2-3-11(8-13(10)16)14(17)19-15(5-6-15)12-4-7-18-9-12/h2-3,8,12H,4-7,9H2,1H3. The summed E-state index contributed by atoms with van der Waals surface area (Å²) in [6.07, 6.45) is 2.72. The first-order chi connectivity index (χ1) is 9.11. The first-order valence-electron chi connectivity index (χ1n) is 6.68. The molecule has 1 heterocycles. The van der Waals surface area contributed by atoms with Crippen LogP contribution in [-0.4, -0.2) is 24.8 Å². The maximum absolute atomic E-state index is 13.5. The predicted molar refractivity (Wildman–Crippen MR) is 67.4 cm³/mol. The van der Waals surface area contributed by atoms with Crippen molar-refractivity contribution in [3.63, 3.8) is 0 Å². The summed E-state index contributed by atoms with van der Waals surface area (Å²) in [4.78, 5) is 12.1. The van der Waals surface area contributed by atoms with E-state index in [2.05, 4.69) is 0 Å². The largest absolute Gasteiger partial charge is 0.455 e. The van der Waals surface area contributed by atoms with Gasteiger partial charge in [0.05, 0.1) is 12.2 Å². The Kier molecular flexibility index (Phi) is 3.05. The summed E-state index contributed by atoms with van der Waals surface area (Å²) in [7, 11) is 0. The minimum Gasteiger partial charge on any atom is -0.455 e. The molecule has 1 aromatic carbocycles. The van der Waals surface area contributed by atoms with Crippen molar-refractivity contribution in [2.75, 3.05) is 13.2 Å². The van der Waals surface area contributed by atoms with Gasteiger partial charge in [0.2, 0.25) is 0 Å². The lowest BCUT2D eigenvalue weighted by Crippen LogP contribution is -2.29. The van der Waals surface area contributed by atoms with Crippen LogP contribution in [0.5, 0.6) is 0 Å². The van der Waals surface area contributed by atoms with E-state index in [0.29, 0.717) is 18.1 Å². The summed E-state index contributed by atoms with van der Waals surface area (Å²) in [5.41, 5.74) is 0.463. The lowest BCUT2D eigenvalue weighted by atomic mass is 9.99. The smallest absolute Gasteiger partial charge is 0.338 e. The number of esters is 1. The van der Waals surface area contributed by atoms with E-state index in [0.717, 1.165) is 25.9 Å². The lowest BCUT2D eigenvalue weighted by molar-refractivity contribution is 0.000789. The molecule has 0 radical (unpaired) electrons. The maximum atomic E-state index is 13.5. The Morgan fingerprint density at radius 3 is 2.84 bits per heavy atom. The first-order valence-corrected chi connectivity index (χ1v) is 6.68. The van der Waals surface area contributed by atoms with Gasteiger partial charge in [-0.15, -0.1) is 0 Å². The summed E-state index contributed by atoms with van der Waals surface area (Å²) in [5.74, 6) is -0.501. The second kappa shape index (κ2) is 4.60. The summed E-state index contributed by atoms with van der Waals surface area (Å²) in [5, 5.41) is 0. The van der Waals surface area contributed by atoms with Gasteiger partial charge in [-0.05, 0) is 43.9 Å². The van der Waals surface area contributed by atoms with E-state index in [1.807, 2.05) is 0 Å². The van der Waals surface area contributed by atoms with E-state index in [-0.39, 0.29) is 17.0 Å². The normalized spacial score (nSPS) is 24.2. The third kappa shape index (κ3) is 2.37. The topological polar surface area (TPSA) is 35.5 Å². The monoisotopic (exact) mass is 264 g/mol. The fraction of sp³-hybridized carbons (Fsp3) is 0.533. The average Bonchev–Trinajstić information content (AvgIpc) is 2.96. The van der Waals surface area contributed by atoms with Crippen molar-refractivity contribution in [3.05, 3.63) is 35.1 Å². The van der Waals surface area contributed by atoms with E-state index in [1.54, 1.807) is 19.1 Å². The highest BCUT2D eigenvalue weighted by Gasteiger charge is 2.54. The number of benzene rings is 1. The number of hydrogen-bond acceptors (Lipinski definition) is 3. The summed E-state index contributed by atoms with van der Waals surface area (Å²) in [6, 6.07) is 4.46. The Morgan fingerprint density at radius 2 is 2.26 bits per heavy atom. The highest BCUT2D eigenvalue weighted by molar-refractivity contribution is 5.90. The summed E-state index contributed by atoms with van der Waals surface area (Å²) in [6.45, 7) is 3.07. The molecular weight excluding hydrogens is 247 g/mol. The molecule has 2 fully saturated rings. The molecule has 1 unspecified atom stereocenters. The zero-order valence-corrected chi connectivity index (χ0v) is 10.9. The third-order valence-electron chi connectivity index (χ3n) is 4.12. The van der Waals surface area contributed by atoms with Gasteiger partial charge in [0.15, 0.2) is 0 Å². The Morgan fingerprint density at radius 1 is 1.47 bits per heavy atom. The van der Waals surface area contributed by atoms with Crippen LogP contribution in [0, 0.1) is 18.7 Å². The average molecular weight is 264 g/mol. The van der Waals surface area contributed by atoms with Gasteiger partial charge in [0.25, 0.3) is 0 Å². The van der Waals surface area contributed by atoms with Crippen molar-refractivity contribution in [2.45, 2.75) is 31.8 Å². The fourth-order valence-corrected chi connectivity index (χ4v) is 2.63. The first kappa shape index (κ1) is 12.6. The van der Waals surface area contributed by atoms with Crippen molar-refractivity contribution in [3.8, 4) is 0 Å². The molecule has 0 N–H and O–H groups in total. The van der Waals surface area contributed by atoms with Crippen LogP contribution in [0.25, 0.3) is 0 Å². The van der Waals surface area contributed by atoms with Crippen molar-refractivity contribution in [1.29, 1.82) is 0 Å². The Hall–Kier alpha value is -1.42. The number of ether oxygens (including phenoxy) is 2. The van der Waals surface area contributed by atoms with E-state index in [1.165, 1.54) is 6.07 Å². The highest BCUT2D eigenvalue weighted by Crippen LogP contribution is 2.49. The van der Waals surface area contributed by atoms with Gasteiger partial charge in [-0.3, -0.25) is 0 Å². The van der Waals surface area contributed by atoms with Gasteiger partial charge in [0.1, 0.15) is 11.4 Å². The zero-order chi connectivity index (χ0) is 13.5. The molecule has 102 valence electrons. The molecule has 0 bridgehead atoms. The quantitative estimate of drug-likeness (QED) is 0.787. The third-order valence-corrected chi connectivity index (χ3v) is 4.12. The molecule has 3 rings (SSSR count). The van der Waals surface area contributed by atoms with Crippen LogP contribution in [0.2, 0.25) is 0 Å². The Balaban J connectivity index is 1.72. The van der Waals surface area contributed by atoms with Gasteiger partial charge in [-0.2, -0.15) is 0 Å². The summed E-state index contributed by atoms with van der Waals surface area (Å²) >= 11 is 0. The van der Waals surface area contributed by atoms with Crippen LogP contribution in [0.1, 0.15) is 35.2 Å². The minimum atomic E-state index is -0.427. The molecule has 2 aliphatic rings. The second-order valence-corrected chi connectivity index (χ2v) is 5.48. The second-order valence-electron chi connectivity index (χ2n) is 5.48. The Bertz CT molecular complexity index is 502. The van der Waals surface area contributed by atoms with Gasteiger partial charge < -0.3 is 9.47 Å². The molecule has 1 aliphatic heterocycles. The van der Waals surface area contributed by atoms with Crippen molar-refractivity contribution in [2.24, 2.45) is 5.92 Å². The molecule has 0 amide bonds. The van der Waals surface area contributed by atoms with Gasteiger partial charge in [0, 0.05) is 12.5 Å². The number of hydrogen-bond donors (Lipinski definition) is 0. The lowest BCUT2D eigenvalue weighted by Gasteiger charge is -2.22. The molecule has 1 saturated heterocycles. The molecule has 1 saturated carbocycles. The van der Waals surface area contributed by atoms with E-state index in [4.69, 9.17) is 9.47 Å². The van der Waals surface area contributed by atoms with Gasteiger partial charge in [-0.25, -0.2) is 9.18 Å². The van der Waals surface area contributed by atoms with Crippen LogP contribution in [0.4, 0.5) is 4.39 Å². The molecule has 1 aromatic rings. The molecule has 1 aliphatic carbocycles. The van der Waals surface area contributed by atoms with Crippen molar-refractivity contribution in [1.82, 2.24) is 0 Å². The van der Waals surface area contributed by atoms with Crippen molar-refractivity contribution >= 4 is 5.97 Å². The maximum Gasteiger partial charge on any atom is 0.338 e. The van der Waals surface area contributed by atoms with Gasteiger partial charge >= 0.3 is 5.97 Å². The predicted octanol–water partition coefficient (Wildman–Crippen LogP) is 2.86. The SMILES string of the molecule is Cc1ccc(C(=O)OC2(C3CCOC3)CC2)cc1F. The Labute approximate surface area is 111 Å². The zero-order valence-electron chi connectivity index (χ0n) is 10.9. The van der Waals surface area contributed by atoms with Crippen LogP contribution in [0.15, 0.2) is 18.2 Å². The number of carbonyl (C=O) groups is 1. The van der Waals surface area contributed by atoms with Crippen LogP contribution in [0.3, 0.4) is 0 Å². The van der Waals surface area contributed by atoms with E-state index >= 15 is 0 Å². The van der Waals surface area contributed by atoms with Crippen LogP contribution >= 0.6 is 0 Å². The number of aryl methyl sites for hydroxylation is 1. The summed E-state index contributed by atoms with van der Waals surface area (Å²) < 4.78 is 24.4. The van der Waals surface area contributed by atoms with E-state index < -0.39 is 5.97 Å². The molecule has 1 atom stereocenters. The fourth-order valence-electron chi connectivity index (χ4n) is 2.63. The molecule has 0 spiro atoms.